The van der Waals surface area contributed by atoms with Crippen LogP contribution in [0.25, 0.3) is 10.9 Å². The van der Waals surface area contributed by atoms with Gasteiger partial charge in [0, 0.05) is 11.3 Å². The molecule has 2 aromatic carbocycles. The fourth-order valence-electron chi connectivity index (χ4n) is 3.94. The summed E-state index contributed by atoms with van der Waals surface area (Å²) in [5, 5.41) is 7.12. The van der Waals surface area contributed by atoms with Crippen LogP contribution in [0, 0.1) is 5.92 Å². The maximum Gasteiger partial charge on any atom is 0.270 e. The molecule has 5 nitrogen and oxygen atoms in total. The van der Waals surface area contributed by atoms with E-state index in [1.165, 1.54) is 0 Å². The molecule has 0 spiro atoms. The van der Waals surface area contributed by atoms with Gasteiger partial charge in [0.1, 0.15) is 11.7 Å². The number of nitrogens with one attached hydrogen (secondary N) is 2. The van der Waals surface area contributed by atoms with Gasteiger partial charge in [0.2, 0.25) is 5.91 Å². The van der Waals surface area contributed by atoms with Gasteiger partial charge in [0.15, 0.2) is 6.71 Å². The van der Waals surface area contributed by atoms with Gasteiger partial charge in [0.05, 0.1) is 5.52 Å². The molecule has 0 aliphatic carbocycles. The Morgan fingerprint density at radius 3 is 2.30 bits per heavy atom. The fourth-order valence-corrected chi connectivity index (χ4v) is 3.94. The Labute approximate surface area is 197 Å². The molecule has 6 heteroatoms. The van der Waals surface area contributed by atoms with E-state index in [0.29, 0.717) is 31.2 Å². The predicted octanol–water partition coefficient (Wildman–Crippen LogP) is 4.79. The molecule has 2 atom stereocenters. The predicted molar refractivity (Wildman–Crippen MR) is 137 cm³/mol. The Morgan fingerprint density at radius 2 is 1.61 bits per heavy atom. The molecule has 0 aliphatic rings. The lowest BCUT2D eigenvalue weighted by Crippen LogP contribution is -2.53. The molecule has 33 heavy (non-hydrogen) atoms. The number of carbonyl (C=O) groups is 2. The van der Waals surface area contributed by atoms with Crippen molar-refractivity contribution < 1.29 is 9.59 Å². The fraction of sp³-hybridized carbons (Fsp3) is 0.370. The Balaban J connectivity index is 1.77. The van der Waals surface area contributed by atoms with E-state index in [2.05, 4.69) is 43.1 Å². The normalized spacial score (nSPS) is 12.9. The number of benzene rings is 2. The highest BCUT2D eigenvalue weighted by Gasteiger charge is 2.26. The highest BCUT2D eigenvalue weighted by Crippen LogP contribution is 2.13. The summed E-state index contributed by atoms with van der Waals surface area (Å²) in [5.41, 5.74) is 2.21. The van der Waals surface area contributed by atoms with Crippen LogP contribution < -0.4 is 10.6 Å². The monoisotopic (exact) mass is 443 g/mol. The Morgan fingerprint density at radius 1 is 0.909 bits per heavy atom. The van der Waals surface area contributed by atoms with E-state index in [4.69, 9.17) is 0 Å². The zero-order valence-corrected chi connectivity index (χ0v) is 20.0. The molecule has 0 saturated heterocycles. The molecule has 1 heterocycles. The molecular formula is C27H34BN3O2. The van der Waals surface area contributed by atoms with Gasteiger partial charge in [-0.05, 0) is 42.9 Å². The minimum Gasteiger partial charge on any atom is -0.359 e. The Hall–Kier alpha value is -3.15. The van der Waals surface area contributed by atoms with Crippen LogP contribution in [0.2, 0.25) is 13.6 Å². The maximum absolute atomic E-state index is 13.3. The molecule has 0 aliphatic heterocycles. The third kappa shape index (κ3) is 7.17. The standard InChI is InChI=1S/C27H34BN3O2/c1-19(2)18-25(28(3)4)31-27(33)24(16-14-20-10-6-5-7-11-20)30-26(32)23-17-15-21-12-8-9-13-22(21)29-23/h5-13,15,17,19,24-25H,14,16,18H2,1-4H3,(H,30,32)(H,31,33)/t24-,25-/m0/s1. The van der Waals surface area contributed by atoms with Crippen molar-refractivity contribution in [3.05, 3.63) is 78.0 Å². The van der Waals surface area contributed by atoms with Gasteiger partial charge in [0.25, 0.3) is 5.91 Å². The van der Waals surface area contributed by atoms with E-state index in [-0.39, 0.29) is 17.8 Å². The maximum atomic E-state index is 13.3. The number of fused-ring (bicyclic) bond motifs is 1. The van der Waals surface area contributed by atoms with Gasteiger partial charge in [-0.1, -0.05) is 82.1 Å². The van der Waals surface area contributed by atoms with Gasteiger partial charge in [-0.25, -0.2) is 4.98 Å². The summed E-state index contributed by atoms with van der Waals surface area (Å²) in [5.74, 6) is 0.0580. The van der Waals surface area contributed by atoms with Gasteiger partial charge in [-0.3, -0.25) is 9.59 Å². The zero-order chi connectivity index (χ0) is 23.8. The van der Waals surface area contributed by atoms with Crippen LogP contribution in [0.5, 0.6) is 0 Å². The van der Waals surface area contributed by atoms with Crippen LogP contribution in [-0.2, 0) is 11.2 Å². The SMILES string of the molecule is CB(C)[C@H](CC(C)C)NC(=O)[C@H](CCc1ccccc1)NC(=O)c1ccc2ccccc2n1. The summed E-state index contributed by atoms with van der Waals surface area (Å²) < 4.78 is 0. The van der Waals surface area contributed by atoms with E-state index in [9.17, 15) is 9.59 Å². The van der Waals surface area contributed by atoms with E-state index >= 15 is 0 Å². The molecule has 2 amide bonds. The molecule has 3 rings (SSSR count). The second-order valence-corrected chi connectivity index (χ2v) is 9.43. The Kier molecular flexibility index (Phi) is 8.64. The highest BCUT2D eigenvalue weighted by molar-refractivity contribution is 6.57. The molecule has 172 valence electrons. The molecule has 0 unspecified atom stereocenters. The molecule has 3 aromatic rings. The average Bonchev–Trinajstić information content (AvgIpc) is 2.81. The van der Waals surface area contributed by atoms with Crippen LogP contribution in [0.4, 0.5) is 0 Å². The van der Waals surface area contributed by atoms with Crippen molar-refractivity contribution >= 4 is 29.4 Å². The summed E-state index contributed by atoms with van der Waals surface area (Å²) in [6.45, 7) is 8.85. The number of rotatable bonds is 10. The number of aryl methyl sites for hydroxylation is 1. The first-order valence-corrected chi connectivity index (χ1v) is 11.8. The molecule has 0 bridgehead atoms. The molecular weight excluding hydrogens is 409 g/mol. The largest absolute Gasteiger partial charge is 0.359 e. The summed E-state index contributed by atoms with van der Waals surface area (Å²) in [7, 11) is 0. The molecule has 2 N–H and O–H groups in total. The highest BCUT2D eigenvalue weighted by atomic mass is 16.2. The number of hydrogen-bond donors (Lipinski definition) is 2. The van der Waals surface area contributed by atoms with Crippen molar-refractivity contribution in [3.8, 4) is 0 Å². The lowest BCUT2D eigenvalue weighted by atomic mass is 9.47. The van der Waals surface area contributed by atoms with Gasteiger partial charge in [-0.15, -0.1) is 0 Å². The smallest absolute Gasteiger partial charge is 0.270 e. The third-order valence-corrected chi connectivity index (χ3v) is 5.88. The number of para-hydroxylation sites is 1. The second kappa shape index (κ2) is 11.6. The number of carbonyl (C=O) groups excluding carboxylic acids is 2. The van der Waals surface area contributed by atoms with Crippen molar-refractivity contribution in [1.29, 1.82) is 0 Å². The van der Waals surface area contributed by atoms with E-state index in [1.807, 2.05) is 60.7 Å². The first kappa shape index (κ1) is 24.5. The van der Waals surface area contributed by atoms with Gasteiger partial charge < -0.3 is 10.6 Å². The lowest BCUT2D eigenvalue weighted by Gasteiger charge is -2.26. The molecule has 1 aromatic heterocycles. The molecule has 0 fully saturated rings. The van der Waals surface area contributed by atoms with Crippen LogP contribution in [0.1, 0.15) is 42.7 Å². The van der Waals surface area contributed by atoms with Crippen LogP contribution in [0.3, 0.4) is 0 Å². The average molecular weight is 443 g/mol. The minimum absolute atomic E-state index is 0.0624. The van der Waals surface area contributed by atoms with Crippen LogP contribution in [-0.4, -0.2) is 35.5 Å². The zero-order valence-electron chi connectivity index (χ0n) is 20.0. The van der Waals surface area contributed by atoms with E-state index in [0.717, 1.165) is 22.9 Å². The first-order chi connectivity index (χ1) is 15.8. The summed E-state index contributed by atoms with van der Waals surface area (Å²) in [6, 6.07) is 20.6. The van der Waals surface area contributed by atoms with Crippen molar-refractivity contribution in [3.63, 3.8) is 0 Å². The van der Waals surface area contributed by atoms with Crippen LogP contribution >= 0.6 is 0 Å². The van der Waals surface area contributed by atoms with Crippen LogP contribution in [0.15, 0.2) is 66.7 Å². The van der Waals surface area contributed by atoms with Crippen molar-refractivity contribution in [2.24, 2.45) is 5.92 Å². The molecule has 0 saturated carbocycles. The number of amides is 2. The minimum atomic E-state index is -0.639. The first-order valence-electron chi connectivity index (χ1n) is 11.8. The topological polar surface area (TPSA) is 71.1 Å². The number of pyridine rings is 1. The molecule has 0 radical (unpaired) electrons. The van der Waals surface area contributed by atoms with Gasteiger partial charge in [-0.2, -0.15) is 0 Å². The van der Waals surface area contributed by atoms with E-state index in [1.54, 1.807) is 6.07 Å². The van der Waals surface area contributed by atoms with Crippen molar-refractivity contribution in [2.75, 3.05) is 0 Å². The van der Waals surface area contributed by atoms with Gasteiger partial charge >= 0.3 is 0 Å². The van der Waals surface area contributed by atoms with Crippen molar-refractivity contribution in [2.45, 2.75) is 58.7 Å². The second-order valence-electron chi connectivity index (χ2n) is 9.43. The third-order valence-electron chi connectivity index (χ3n) is 5.88. The van der Waals surface area contributed by atoms with Crippen molar-refractivity contribution in [1.82, 2.24) is 15.6 Å². The number of nitrogens with zero attached hydrogens (tertiary/aromatic N) is 1. The lowest BCUT2D eigenvalue weighted by molar-refractivity contribution is -0.123. The van der Waals surface area contributed by atoms with E-state index < -0.39 is 6.04 Å². The Bertz CT molecular complexity index is 1070. The summed E-state index contributed by atoms with van der Waals surface area (Å²) >= 11 is 0. The number of hydrogen-bond acceptors (Lipinski definition) is 3. The number of aromatic nitrogens is 1. The summed E-state index contributed by atoms with van der Waals surface area (Å²) in [4.78, 5) is 30.8. The summed E-state index contributed by atoms with van der Waals surface area (Å²) in [6.07, 6.45) is 2.11. The quantitative estimate of drug-likeness (QED) is 0.443.